The van der Waals surface area contributed by atoms with E-state index in [9.17, 15) is 14.7 Å². The molecule has 1 aliphatic heterocycles. The van der Waals surface area contributed by atoms with E-state index in [4.69, 9.17) is 4.74 Å². The molecule has 1 aliphatic rings. The number of thiazole rings is 1. The molecule has 1 aromatic heterocycles. The lowest BCUT2D eigenvalue weighted by atomic mass is 9.96. The van der Waals surface area contributed by atoms with Gasteiger partial charge in [-0.05, 0) is 55.3 Å². The highest BCUT2D eigenvalue weighted by Gasteiger charge is 2.33. The summed E-state index contributed by atoms with van der Waals surface area (Å²) in [4.78, 5) is 31.3. The summed E-state index contributed by atoms with van der Waals surface area (Å²) in [7, 11) is 0. The largest absolute Gasteiger partial charge is 0.508 e. The number of halogens is 1. The van der Waals surface area contributed by atoms with E-state index in [0.29, 0.717) is 26.2 Å². The Morgan fingerprint density at radius 3 is 2.71 bits per heavy atom. The Kier molecular flexibility index (Phi) is 5.93. The molecule has 1 atom stereocenters. The van der Waals surface area contributed by atoms with Crippen molar-refractivity contribution in [3.63, 3.8) is 0 Å². The van der Waals surface area contributed by atoms with Crippen molar-refractivity contribution >= 4 is 39.3 Å². The van der Waals surface area contributed by atoms with Crippen LogP contribution < -0.4 is 14.9 Å². The van der Waals surface area contributed by atoms with E-state index in [1.54, 1.807) is 48.8 Å². The summed E-state index contributed by atoms with van der Waals surface area (Å²) in [6, 6.07) is 13.5. The quantitative estimate of drug-likeness (QED) is 0.559. The third-order valence-electron chi connectivity index (χ3n) is 4.87. The molecule has 6 nitrogen and oxygen atoms in total. The van der Waals surface area contributed by atoms with Gasteiger partial charge in [-0.15, -0.1) is 0 Å². The van der Waals surface area contributed by atoms with Crippen LogP contribution in [0.3, 0.4) is 0 Å². The fraction of sp³-hybridized carbons (Fsp3) is 0.174. The summed E-state index contributed by atoms with van der Waals surface area (Å²) < 4.78 is 8.18. The second kappa shape index (κ2) is 8.64. The van der Waals surface area contributed by atoms with Crippen molar-refractivity contribution < 1.29 is 14.6 Å². The highest BCUT2D eigenvalue weighted by molar-refractivity contribution is 9.10. The summed E-state index contributed by atoms with van der Waals surface area (Å²) in [5.41, 5.74) is 2.10. The number of ether oxygens (including phenoxy) is 1. The monoisotopic (exact) mass is 498 g/mol. The van der Waals surface area contributed by atoms with Gasteiger partial charge >= 0.3 is 5.97 Å². The highest BCUT2D eigenvalue weighted by atomic mass is 79.9. The zero-order valence-electron chi connectivity index (χ0n) is 16.8. The number of allylic oxidation sites excluding steroid dienone is 1. The molecule has 8 heteroatoms. The number of phenols is 1. The summed E-state index contributed by atoms with van der Waals surface area (Å²) in [5.74, 6) is -0.367. The van der Waals surface area contributed by atoms with Crippen LogP contribution in [0.15, 0.2) is 74.1 Å². The first-order valence-corrected chi connectivity index (χ1v) is 11.2. The van der Waals surface area contributed by atoms with E-state index in [1.807, 2.05) is 24.3 Å². The molecule has 0 unspecified atom stereocenters. The van der Waals surface area contributed by atoms with Crippen LogP contribution in [0.5, 0.6) is 5.75 Å². The van der Waals surface area contributed by atoms with Gasteiger partial charge in [0.25, 0.3) is 5.56 Å². The van der Waals surface area contributed by atoms with Gasteiger partial charge in [-0.3, -0.25) is 9.36 Å². The standard InChI is InChI=1S/C23H19BrN2O4S/c1-3-30-22(29)19-13(2)25-23-26(20(19)15-7-9-16(24)10-8-15)21(28)18(31-23)12-14-5-4-6-17(27)11-14/h4-12,20,27H,3H2,1-2H3/b18-12-/t20-/m1/s1. The lowest BCUT2D eigenvalue weighted by Crippen LogP contribution is -2.39. The Balaban J connectivity index is 1.96. The van der Waals surface area contributed by atoms with Crippen LogP contribution in [0.2, 0.25) is 0 Å². The molecule has 158 valence electrons. The predicted octanol–water partition coefficient (Wildman–Crippen LogP) is 3.27. The lowest BCUT2D eigenvalue weighted by Gasteiger charge is -2.24. The minimum absolute atomic E-state index is 0.120. The zero-order valence-corrected chi connectivity index (χ0v) is 19.2. The van der Waals surface area contributed by atoms with Gasteiger partial charge in [0, 0.05) is 4.47 Å². The molecule has 0 radical (unpaired) electrons. The number of aromatic hydroxyl groups is 1. The number of benzene rings is 2. The molecule has 0 aliphatic carbocycles. The third kappa shape index (κ3) is 4.13. The van der Waals surface area contributed by atoms with Gasteiger partial charge in [-0.2, -0.15) is 0 Å². The van der Waals surface area contributed by atoms with Gasteiger partial charge in [-0.25, -0.2) is 9.79 Å². The number of carbonyl (C=O) groups is 1. The second-order valence-corrected chi connectivity index (χ2v) is 8.87. The number of phenolic OH excluding ortho intramolecular Hbond substituents is 1. The Labute approximate surface area is 190 Å². The predicted molar refractivity (Wildman–Crippen MR) is 123 cm³/mol. The Morgan fingerprint density at radius 2 is 2.03 bits per heavy atom. The molecule has 0 saturated carbocycles. The number of hydrogen-bond donors (Lipinski definition) is 1. The highest BCUT2D eigenvalue weighted by Crippen LogP contribution is 2.31. The number of nitrogens with zero attached hydrogens (tertiary/aromatic N) is 2. The number of hydrogen-bond acceptors (Lipinski definition) is 6. The minimum atomic E-state index is -0.644. The molecule has 0 saturated heterocycles. The number of carbonyl (C=O) groups excluding carboxylic acids is 1. The Morgan fingerprint density at radius 1 is 1.29 bits per heavy atom. The van der Waals surface area contributed by atoms with Crippen molar-refractivity contribution in [1.29, 1.82) is 0 Å². The smallest absolute Gasteiger partial charge is 0.338 e. The Hall–Kier alpha value is -2.97. The van der Waals surface area contributed by atoms with Crippen LogP contribution in [0, 0.1) is 0 Å². The van der Waals surface area contributed by atoms with Crippen molar-refractivity contribution in [2.24, 2.45) is 4.99 Å². The van der Waals surface area contributed by atoms with Gasteiger partial charge < -0.3 is 9.84 Å². The first kappa shape index (κ1) is 21.3. The van der Waals surface area contributed by atoms with Crippen LogP contribution in [0.25, 0.3) is 6.08 Å². The summed E-state index contributed by atoms with van der Waals surface area (Å²) in [6.45, 7) is 3.72. The molecule has 0 fully saturated rings. The van der Waals surface area contributed by atoms with Crippen molar-refractivity contribution in [3.05, 3.63) is 95.1 Å². The zero-order chi connectivity index (χ0) is 22.1. The normalized spacial score (nSPS) is 16.1. The fourth-order valence-electron chi connectivity index (χ4n) is 3.52. The molecular weight excluding hydrogens is 480 g/mol. The van der Waals surface area contributed by atoms with Crippen LogP contribution in [0.4, 0.5) is 0 Å². The third-order valence-corrected chi connectivity index (χ3v) is 6.38. The summed E-state index contributed by atoms with van der Waals surface area (Å²) in [6.07, 6.45) is 1.71. The molecule has 3 aromatic rings. The van der Waals surface area contributed by atoms with Crippen molar-refractivity contribution in [2.45, 2.75) is 19.9 Å². The molecule has 4 rings (SSSR count). The molecule has 0 bridgehead atoms. The number of esters is 1. The topological polar surface area (TPSA) is 80.9 Å². The average molecular weight is 499 g/mol. The van der Waals surface area contributed by atoms with Gasteiger partial charge in [0.2, 0.25) is 0 Å². The van der Waals surface area contributed by atoms with Crippen LogP contribution in [-0.4, -0.2) is 22.2 Å². The fourth-order valence-corrected chi connectivity index (χ4v) is 4.83. The SMILES string of the molecule is CCOC(=O)C1=C(C)N=c2s/c(=C\c3cccc(O)c3)c(=O)n2[C@@H]1c1ccc(Br)cc1. The maximum Gasteiger partial charge on any atom is 0.338 e. The molecule has 2 heterocycles. The van der Waals surface area contributed by atoms with E-state index < -0.39 is 12.0 Å². The van der Waals surface area contributed by atoms with E-state index in [1.165, 1.54) is 11.3 Å². The van der Waals surface area contributed by atoms with Crippen LogP contribution in [-0.2, 0) is 9.53 Å². The van der Waals surface area contributed by atoms with Gasteiger partial charge in [0.15, 0.2) is 4.80 Å². The lowest BCUT2D eigenvalue weighted by molar-refractivity contribution is -0.139. The first-order valence-electron chi connectivity index (χ1n) is 9.63. The molecule has 1 N–H and O–H groups in total. The number of rotatable bonds is 4. The molecule has 2 aromatic carbocycles. The summed E-state index contributed by atoms with van der Waals surface area (Å²) >= 11 is 4.68. The van der Waals surface area contributed by atoms with E-state index in [2.05, 4.69) is 20.9 Å². The summed E-state index contributed by atoms with van der Waals surface area (Å²) in [5, 5.41) is 9.74. The first-order chi connectivity index (χ1) is 14.9. The Bertz CT molecular complexity index is 1370. The van der Waals surface area contributed by atoms with Crippen molar-refractivity contribution in [2.75, 3.05) is 6.61 Å². The molecular formula is C23H19BrN2O4S. The maximum atomic E-state index is 13.4. The average Bonchev–Trinajstić information content (AvgIpc) is 3.02. The minimum Gasteiger partial charge on any atom is -0.508 e. The second-order valence-electron chi connectivity index (χ2n) is 6.95. The van der Waals surface area contributed by atoms with E-state index in [0.717, 1.165) is 10.0 Å². The van der Waals surface area contributed by atoms with E-state index in [-0.39, 0.29) is 17.9 Å². The van der Waals surface area contributed by atoms with Crippen LogP contribution in [0.1, 0.15) is 31.0 Å². The molecule has 0 spiro atoms. The van der Waals surface area contributed by atoms with Crippen molar-refractivity contribution in [1.82, 2.24) is 4.57 Å². The molecule has 0 amide bonds. The van der Waals surface area contributed by atoms with Gasteiger partial charge in [-0.1, -0.05) is 51.5 Å². The van der Waals surface area contributed by atoms with Crippen molar-refractivity contribution in [3.8, 4) is 5.75 Å². The van der Waals surface area contributed by atoms with E-state index >= 15 is 0 Å². The van der Waals surface area contributed by atoms with Crippen LogP contribution >= 0.6 is 27.3 Å². The van der Waals surface area contributed by atoms with Gasteiger partial charge in [0.05, 0.1) is 28.5 Å². The van der Waals surface area contributed by atoms with Gasteiger partial charge in [0.1, 0.15) is 5.75 Å². The number of fused-ring (bicyclic) bond motifs is 1. The maximum absolute atomic E-state index is 13.4. The molecule has 31 heavy (non-hydrogen) atoms. The number of aromatic nitrogens is 1.